The van der Waals surface area contributed by atoms with E-state index in [4.69, 9.17) is 11.0 Å². The van der Waals surface area contributed by atoms with Crippen LogP contribution in [0, 0.1) is 17.2 Å². The molecule has 0 radical (unpaired) electrons. The minimum atomic E-state index is -0.827. The number of urea groups is 1. The van der Waals surface area contributed by atoms with E-state index in [1.54, 1.807) is 0 Å². The van der Waals surface area contributed by atoms with Gasteiger partial charge in [0.1, 0.15) is 0 Å². The standard InChI is InChI=1S/C9H14N4O2/c10-5-7-1-3-13(4-2-7)6-8(14)12-9(11)15/h7H,1-4,6H2,(H3,11,12,14,15). The average molecular weight is 210 g/mol. The lowest BCUT2D eigenvalue weighted by Gasteiger charge is -2.27. The number of hydrogen-bond acceptors (Lipinski definition) is 4. The van der Waals surface area contributed by atoms with Gasteiger partial charge in [-0.15, -0.1) is 0 Å². The summed E-state index contributed by atoms with van der Waals surface area (Å²) in [5.41, 5.74) is 4.81. The van der Waals surface area contributed by atoms with Crippen LogP contribution in [0.15, 0.2) is 0 Å². The number of carbonyl (C=O) groups is 2. The highest BCUT2D eigenvalue weighted by Gasteiger charge is 2.20. The molecule has 3 amide bonds. The Balaban J connectivity index is 2.27. The van der Waals surface area contributed by atoms with Gasteiger partial charge in [-0.25, -0.2) is 4.79 Å². The first-order valence-corrected chi connectivity index (χ1v) is 4.83. The molecule has 1 saturated heterocycles. The van der Waals surface area contributed by atoms with Gasteiger partial charge in [-0.1, -0.05) is 0 Å². The van der Waals surface area contributed by atoms with Gasteiger partial charge >= 0.3 is 6.03 Å². The molecule has 1 aliphatic rings. The summed E-state index contributed by atoms with van der Waals surface area (Å²) >= 11 is 0. The zero-order valence-corrected chi connectivity index (χ0v) is 8.40. The lowest BCUT2D eigenvalue weighted by molar-refractivity contribution is -0.121. The fourth-order valence-electron chi connectivity index (χ4n) is 1.60. The van der Waals surface area contributed by atoms with Gasteiger partial charge in [0.25, 0.3) is 0 Å². The maximum Gasteiger partial charge on any atom is 0.318 e. The van der Waals surface area contributed by atoms with Crippen LogP contribution in [-0.4, -0.2) is 36.5 Å². The van der Waals surface area contributed by atoms with Crippen molar-refractivity contribution in [3.63, 3.8) is 0 Å². The van der Waals surface area contributed by atoms with E-state index in [1.165, 1.54) is 0 Å². The Labute approximate surface area is 88.0 Å². The largest absolute Gasteiger partial charge is 0.351 e. The van der Waals surface area contributed by atoms with Crippen molar-refractivity contribution in [3.8, 4) is 6.07 Å². The highest BCUT2D eigenvalue weighted by molar-refractivity contribution is 5.94. The zero-order chi connectivity index (χ0) is 11.3. The molecule has 0 aliphatic carbocycles. The first-order valence-electron chi connectivity index (χ1n) is 4.83. The molecular formula is C9H14N4O2. The Morgan fingerprint density at radius 2 is 2.07 bits per heavy atom. The van der Waals surface area contributed by atoms with Gasteiger partial charge in [0.2, 0.25) is 5.91 Å². The van der Waals surface area contributed by atoms with Crippen molar-refractivity contribution < 1.29 is 9.59 Å². The van der Waals surface area contributed by atoms with Gasteiger partial charge in [-0.2, -0.15) is 5.26 Å². The van der Waals surface area contributed by atoms with E-state index < -0.39 is 11.9 Å². The number of likely N-dealkylation sites (tertiary alicyclic amines) is 1. The Kier molecular flexibility index (Phi) is 4.06. The number of nitrogens with one attached hydrogen (secondary N) is 1. The Morgan fingerprint density at radius 1 is 1.47 bits per heavy atom. The maximum atomic E-state index is 11.2. The summed E-state index contributed by atoms with van der Waals surface area (Å²) in [5, 5.41) is 10.7. The first-order chi connectivity index (χ1) is 7.11. The molecule has 0 aromatic carbocycles. The van der Waals surface area contributed by atoms with Crippen LogP contribution in [0.4, 0.5) is 4.79 Å². The molecule has 15 heavy (non-hydrogen) atoms. The Hall–Kier alpha value is -1.61. The summed E-state index contributed by atoms with van der Waals surface area (Å²) < 4.78 is 0. The predicted molar refractivity (Wildman–Crippen MR) is 52.5 cm³/mol. The minimum absolute atomic E-state index is 0.0976. The van der Waals surface area contributed by atoms with E-state index in [-0.39, 0.29) is 12.5 Å². The smallest absolute Gasteiger partial charge is 0.318 e. The number of imide groups is 1. The highest BCUT2D eigenvalue weighted by atomic mass is 16.2. The second-order valence-electron chi connectivity index (χ2n) is 3.59. The minimum Gasteiger partial charge on any atom is -0.351 e. The Morgan fingerprint density at radius 3 is 2.53 bits per heavy atom. The van der Waals surface area contributed by atoms with Crippen LogP contribution in [0.3, 0.4) is 0 Å². The molecule has 0 aromatic heterocycles. The summed E-state index contributed by atoms with van der Waals surface area (Å²) in [7, 11) is 0. The number of nitrogens with two attached hydrogens (primary N) is 1. The van der Waals surface area contributed by atoms with Crippen LogP contribution in [0.2, 0.25) is 0 Å². The average Bonchev–Trinajstić information content (AvgIpc) is 2.17. The van der Waals surface area contributed by atoms with Crippen molar-refractivity contribution in [2.75, 3.05) is 19.6 Å². The molecule has 3 N–H and O–H groups in total. The molecule has 6 nitrogen and oxygen atoms in total. The molecule has 82 valence electrons. The summed E-state index contributed by atoms with van der Waals surface area (Å²) in [6.45, 7) is 1.59. The topological polar surface area (TPSA) is 99.2 Å². The summed E-state index contributed by atoms with van der Waals surface area (Å²) in [5.74, 6) is -0.293. The van der Waals surface area contributed by atoms with Crippen molar-refractivity contribution in [1.82, 2.24) is 10.2 Å². The quantitative estimate of drug-likeness (QED) is 0.636. The van der Waals surface area contributed by atoms with Crippen LogP contribution >= 0.6 is 0 Å². The van der Waals surface area contributed by atoms with E-state index in [2.05, 4.69) is 6.07 Å². The zero-order valence-electron chi connectivity index (χ0n) is 8.40. The van der Waals surface area contributed by atoms with E-state index >= 15 is 0 Å². The number of amides is 3. The molecule has 6 heteroatoms. The van der Waals surface area contributed by atoms with Crippen molar-refractivity contribution >= 4 is 11.9 Å². The number of nitriles is 1. The number of primary amides is 1. The lowest BCUT2D eigenvalue weighted by atomic mass is 9.99. The van der Waals surface area contributed by atoms with Gasteiger partial charge in [-0.3, -0.25) is 15.0 Å². The van der Waals surface area contributed by atoms with Gasteiger partial charge in [0.15, 0.2) is 0 Å². The summed E-state index contributed by atoms with van der Waals surface area (Å²) in [6.07, 6.45) is 1.56. The molecule has 0 unspecified atom stereocenters. The second kappa shape index (κ2) is 5.32. The lowest BCUT2D eigenvalue weighted by Crippen LogP contribution is -2.44. The number of carbonyl (C=O) groups excluding carboxylic acids is 2. The van der Waals surface area contributed by atoms with Crippen LogP contribution in [-0.2, 0) is 4.79 Å². The maximum absolute atomic E-state index is 11.2. The molecule has 0 saturated carbocycles. The van der Waals surface area contributed by atoms with Crippen molar-refractivity contribution in [2.45, 2.75) is 12.8 Å². The predicted octanol–water partition coefficient (Wildman–Crippen LogP) is -0.583. The molecule has 0 spiro atoms. The first kappa shape index (κ1) is 11.5. The number of nitrogens with zero attached hydrogens (tertiary/aromatic N) is 2. The van der Waals surface area contributed by atoms with Crippen LogP contribution in [0.5, 0.6) is 0 Å². The summed E-state index contributed by atoms with van der Waals surface area (Å²) in [6, 6.07) is 1.38. The third-order valence-corrected chi connectivity index (χ3v) is 2.40. The van der Waals surface area contributed by atoms with Crippen molar-refractivity contribution in [1.29, 1.82) is 5.26 Å². The molecule has 1 fully saturated rings. The number of hydrogen-bond donors (Lipinski definition) is 2. The van der Waals surface area contributed by atoms with Gasteiger partial charge < -0.3 is 5.73 Å². The van der Waals surface area contributed by atoms with E-state index in [0.717, 1.165) is 12.8 Å². The third kappa shape index (κ3) is 3.95. The molecular weight excluding hydrogens is 196 g/mol. The van der Waals surface area contributed by atoms with Gasteiger partial charge in [0, 0.05) is 5.92 Å². The molecule has 0 aromatic rings. The summed E-state index contributed by atoms with van der Waals surface area (Å²) in [4.78, 5) is 23.4. The van der Waals surface area contributed by atoms with E-state index in [0.29, 0.717) is 13.1 Å². The van der Waals surface area contributed by atoms with Crippen molar-refractivity contribution in [3.05, 3.63) is 0 Å². The molecule has 1 heterocycles. The van der Waals surface area contributed by atoms with Crippen LogP contribution in [0.25, 0.3) is 0 Å². The molecule has 1 aliphatic heterocycles. The third-order valence-electron chi connectivity index (χ3n) is 2.40. The normalized spacial score (nSPS) is 18.1. The monoisotopic (exact) mass is 210 g/mol. The van der Waals surface area contributed by atoms with Gasteiger partial charge in [0.05, 0.1) is 12.6 Å². The van der Waals surface area contributed by atoms with Crippen molar-refractivity contribution in [2.24, 2.45) is 11.7 Å². The number of rotatable bonds is 2. The Bertz CT molecular complexity index is 289. The highest BCUT2D eigenvalue weighted by Crippen LogP contribution is 2.15. The molecule has 0 bridgehead atoms. The van der Waals surface area contributed by atoms with E-state index in [9.17, 15) is 9.59 Å². The van der Waals surface area contributed by atoms with Gasteiger partial charge in [-0.05, 0) is 25.9 Å². The SMILES string of the molecule is N#CC1CCN(CC(=O)NC(N)=O)CC1. The number of piperidine rings is 1. The molecule has 1 rings (SSSR count). The fourth-order valence-corrected chi connectivity index (χ4v) is 1.60. The van der Waals surface area contributed by atoms with Crippen LogP contribution < -0.4 is 11.1 Å². The van der Waals surface area contributed by atoms with Crippen LogP contribution in [0.1, 0.15) is 12.8 Å². The van der Waals surface area contributed by atoms with E-state index in [1.807, 2.05) is 10.2 Å². The molecule has 0 atom stereocenters. The fraction of sp³-hybridized carbons (Fsp3) is 0.667. The second-order valence-corrected chi connectivity index (χ2v) is 3.59.